The first-order valence-corrected chi connectivity index (χ1v) is 9.84. The summed E-state index contributed by atoms with van der Waals surface area (Å²) in [5, 5.41) is 19.0. The summed E-state index contributed by atoms with van der Waals surface area (Å²) in [5.74, 6) is -0.939. The highest BCUT2D eigenvalue weighted by atomic mass is 19.4. The highest BCUT2D eigenvalue weighted by Gasteiger charge is 2.37. The van der Waals surface area contributed by atoms with Gasteiger partial charge in [0.25, 0.3) is 0 Å². The third kappa shape index (κ3) is 5.44. The average molecular weight is 492 g/mol. The van der Waals surface area contributed by atoms with Crippen LogP contribution >= 0.6 is 0 Å². The average Bonchev–Trinajstić information content (AvgIpc) is 3.13. The lowest BCUT2D eigenvalue weighted by Crippen LogP contribution is -2.12. The van der Waals surface area contributed by atoms with E-state index < -0.39 is 41.6 Å². The van der Waals surface area contributed by atoms with Crippen LogP contribution in [0.3, 0.4) is 0 Å². The number of benzene rings is 1. The van der Waals surface area contributed by atoms with E-state index in [9.17, 15) is 41.7 Å². The normalized spacial score (nSPS) is 12.3. The van der Waals surface area contributed by atoms with Crippen molar-refractivity contribution in [2.24, 2.45) is 0 Å². The Morgan fingerprint density at radius 2 is 1.74 bits per heavy atom. The number of aromatic nitrogens is 2. The number of pyridine rings is 1. The van der Waals surface area contributed by atoms with E-state index in [2.05, 4.69) is 4.98 Å². The molecule has 0 amide bonds. The summed E-state index contributed by atoms with van der Waals surface area (Å²) in [6.07, 6.45) is -6.39. The first-order valence-electron chi connectivity index (χ1n) is 9.84. The second-order valence-electron chi connectivity index (χ2n) is 7.19. The fraction of sp³-hybridized carbons (Fsp3) is 0.217. The van der Waals surface area contributed by atoms with Gasteiger partial charge in [-0.3, -0.25) is 0 Å². The van der Waals surface area contributed by atoms with Crippen LogP contribution in [0.1, 0.15) is 34.7 Å². The largest absolute Gasteiger partial charge is 0.462 e. The van der Waals surface area contributed by atoms with Gasteiger partial charge in [-0.2, -0.15) is 36.9 Å². The Morgan fingerprint density at radius 1 is 1.11 bits per heavy atom. The van der Waals surface area contributed by atoms with Gasteiger partial charge in [0.05, 0.1) is 29.4 Å². The first kappa shape index (κ1) is 25.3. The molecule has 0 radical (unpaired) electrons. The van der Waals surface area contributed by atoms with Crippen LogP contribution in [0.2, 0.25) is 0 Å². The molecule has 0 saturated heterocycles. The lowest BCUT2D eigenvalue weighted by Gasteiger charge is -2.15. The quantitative estimate of drug-likeness (QED) is 0.204. The van der Waals surface area contributed by atoms with Gasteiger partial charge in [0.2, 0.25) is 0 Å². The van der Waals surface area contributed by atoms with E-state index in [4.69, 9.17) is 4.74 Å². The van der Waals surface area contributed by atoms with E-state index in [1.807, 2.05) is 6.07 Å². The Bertz CT molecular complexity index is 1370. The van der Waals surface area contributed by atoms with Gasteiger partial charge in [-0.1, -0.05) is 0 Å². The van der Waals surface area contributed by atoms with E-state index in [-0.39, 0.29) is 40.4 Å². The molecule has 0 atom stereocenters. The first-order chi connectivity index (χ1) is 16.4. The van der Waals surface area contributed by atoms with Gasteiger partial charge in [-0.15, -0.1) is 0 Å². The fourth-order valence-corrected chi connectivity index (χ4v) is 3.38. The minimum Gasteiger partial charge on any atom is -0.462 e. The maximum absolute atomic E-state index is 13.2. The topological polar surface area (TPSA) is 91.7 Å². The summed E-state index contributed by atoms with van der Waals surface area (Å²) in [4.78, 5) is 16.1. The van der Waals surface area contributed by atoms with Gasteiger partial charge in [0, 0.05) is 29.9 Å². The molecule has 0 unspecified atom stereocenters. The van der Waals surface area contributed by atoms with Crippen molar-refractivity contribution in [2.45, 2.75) is 25.8 Å². The number of fused-ring (bicyclic) bond motifs is 1. The predicted molar refractivity (Wildman–Crippen MR) is 110 cm³/mol. The van der Waals surface area contributed by atoms with Crippen LogP contribution in [0.5, 0.6) is 0 Å². The number of rotatable bonds is 5. The van der Waals surface area contributed by atoms with Crippen LogP contribution in [0.4, 0.5) is 26.3 Å². The highest BCUT2D eigenvalue weighted by Crippen LogP contribution is 2.37. The molecule has 35 heavy (non-hydrogen) atoms. The van der Waals surface area contributed by atoms with Gasteiger partial charge in [0.15, 0.2) is 0 Å². The molecule has 3 rings (SSSR count). The summed E-state index contributed by atoms with van der Waals surface area (Å²) in [6, 6.07) is 6.12. The van der Waals surface area contributed by atoms with Crippen LogP contribution in [-0.4, -0.2) is 22.1 Å². The molecule has 0 aliphatic rings. The fourth-order valence-electron chi connectivity index (χ4n) is 3.38. The van der Waals surface area contributed by atoms with E-state index in [1.165, 1.54) is 30.0 Å². The summed E-state index contributed by atoms with van der Waals surface area (Å²) >= 11 is 0. The molecular formula is C23H14F6N4O2. The van der Waals surface area contributed by atoms with Crippen molar-refractivity contribution in [3.63, 3.8) is 0 Å². The predicted octanol–water partition coefficient (Wildman–Crippen LogP) is 5.46. The number of halogens is 6. The highest BCUT2D eigenvalue weighted by molar-refractivity contribution is 6.01. The van der Waals surface area contributed by atoms with Crippen molar-refractivity contribution in [1.29, 1.82) is 10.5 Å². The van der Waals surface area contributed by atoms with Crippen LogP contribution in [0.15, 0.2) is 42.2 Å². The van der Waals surface area contributed by atoms with E-state index in [1.54, 1.807) is 6.07 Å². The summed E-state index contributed by atoms with van der Waals surface area (Å²) in [5.41, 5.74) is -3.43. The van der Waals surface area contributed by atoms with Crippen LogP contribution < -0.4 is 0 Å². The van der Waals surface area contributed by atoms with Crippen LogP contribution in [-0.2, 0) is 28.4 Å². The van der Waals surface area contributed by atoms with Gasteiger partial charge in [-0.25, -0.2) is 9.78 Å². The molecule has 180 valence electrons. The number of hydrogen-bond acceptors (Lipinski definition) is 5. The zero-order chi connectivity index (χ0) is 26.0. The Balaban J connectivity index is 2.21. The van der Waals surface area contributed by atoms with E-state index >= 15 is 0 Å². The number of hydrogen-bond donors (Lipinski definition) is 0. The molecule has 0 spiro atoms. The number of alkyl halides is 6. The Labute approximate surface area is 194 Å². The van der Waals surface area contributed by atoms with Gasteiger partial charge in [0.1, 0.15) is 17.3 Å². The van der Waals surface area contributed by atoms with Crippen LogP contribution in [0, 0.1) is 22.7 Å². The summed E-state index contributed by atoms with van der Waals surface area (Å²) < 4.78 is 85.5. The second-order valence-corrected chi connectivity index (χ2v) is 7.19. The van der Waals surface area contributed by atoms with E-state index in [0.29, 0.717) is 12.1 Å². The van der Waals surface area contributed by atoms with Crippen molar-refractivity contribution < 1.29 is 35.9 Å². The maximum atomic E-state index is 13.2. The molecular weight excluding hydrogens is 478 g/mol. The number of nitriles is 2. The minimum absolute atomic E-state index is 0.0122. The molecule has 2 heterocycles. The standard InChI is InChI=1S/C23H14F6N4O2/c1-2-35-21(34)15(10-31)7-16-12-33(20-19(16)14(9-30)3-4-32-20)11-13-5-17(22(24,25)26)8-18(6-13)23(27,28)29/h3-8,12H,2,11H2,1H3/b15-7+. The molecule has 1 aromatic carbocycles. The zero-order valence-electron chi connectivity index (χ0n) is 17.8. The third-order valence-electron chi connectivity index (χ3n) is 4.82. The molecule has 2 aromatic heterocycles. The van der Waals surface area contributed by atoms with Gasteiger partial charge >= 0.3 is 18.3 Å². The van der Waals surface area contributed by atoms with Crippen molar-refractivity contribution >= 4 is 23.1 Å². The molecule has 0 aliphatic heterocycles. The number of carbonyl (C=O) groups excluding carboxylic acids is 1. The van der Waals surface area contributed by atoms with Crippen molar-refractivity contribution in [1.82, 2.24) is 9.55 Å². The summed E-state index contributed by atoms with van der Waals surface area (Å²) in [7, 11) is 0. The van der Waals surface area contributed by atoms with Crippen molar-refractivity contribution in [2.75, 3.05) is 6.61 Å². The number of ether oxygens (including phenoxy) is 1. The third-order valence-corrected chi connectivity index (χ3v) is 4.82. The lowest BCUT2D eigenvalue weighted by molar-refractivity contribution is -0.143. The summed E-state index contributed by atoms with van der Waals surface area (Å²) in [6.45, 7) is 1.04. The van der Waals surface area contributed by atoms with Crippen molar-refractivity contribution in [3.8, 4) is 12.1 Å². The molecule has 0 fully saturated rings. The van der Waals surface area contributed by atoms with Crippen LogP contribution in [0.25, 0.3) is 17.1 Å². The lowest BCUT2D eigenvalue weighted by atomic mass is 10.0. The smallest absolute Gasteiger partial charge is 0.416 e. The molecule has 0 N–H and O–H groups in total. The molecule has 3 aromatic rings. The molecule has 0 aliphatic carbocycles. The Kier molecular flexibility index (Phi) is 6.87. The van der Waals surface area contributed by atoms with Gasteiger partial charge in [-0.05, 0) is 42.8 Å². The maximum Gasteiger partial charge on any atom is 0.416 e. The number of esters is 1. The molecule has 0 saturated carbocycles. The van der Waals surface area contributed by atoms with Crippen molar-refractivity contribution in [3.05, 3.63) is 70.0 Å². The molecule has 6 nitrogen and oxygen atoms in total. The molecule has 0 bridgehead atoms. The second kappa shape index (κ2) is 9.50. The Morgan fingerprint density at radius 3 is 2.26 bits per heavy atom. The monoisotopic (exact) mass is 492 g/mol. The minimum atomic E-state index is -5.02. The number of carbonyl (C=O) groups is 1. The van der Waals surface area contributed by atoms with E-state index in [0.717, 1.165) is 6.08 Å². The van der Waals surface area contributed by atoms with Gasteiger partial charge < -0.3 is 9.30 Å². The zero-order valence-corrected chi connectivity index (χ0v) is 17.8. The Hall–Kier alpha value is -4.32. The molecule has 12 heteroatoms. The number of nitrogens with zero attached hydrogens (tertiary/aromatic N) is 4. The SMILES string of the molecule is CCOC(=O)/C(C#N)=C/c1cn(Cc2cc(C(F)(F)F)cc(C(F)(F)F)c2)c2nccc(C#N)c12.